The number of amides is 1. The van der Waals surface area contributed by atoms with E-state index in [0.717, 1.165) is 37.2 Å². The van der Waals surface area contributed by atoms with Gasteiger partial charge in [0.1, 0.15) is 0 Å². The van der Waals surface area contributed by atoms with Crippen LogP contribution in [-0.2, 0) is 15.8 Å². The Morgan fingerprint density at radius 1 is 1.06 bits per heavy atom. The highest BCUT2D eigenvalue weighted by atomic mass is 35.5. The van der Waals surface area contributed by atoms with Crippen molar-refractivity contribution in [2.75, 3.05) is 29.3 Å². The summed E-state index contributed by atoms with van der Waals surface area (Å²) in [4.78, 5) is 22.1. The van der Waals surface area contributed by atoms with Crippen molar-refractivity contribution in [2.24, 2.45) is 0 Å². The first-order valence-corrected chi connectivity index (χ1v) is 13.5. The summed E-state index contributed by atoms with van der Waals surface area (Å²) in [6.45, 7) is 2.37. The van der Waals surface area contributed by atoms with Crippen LogP contribution in [0, 0.1) is 0 Å². The van der Waals surface area contributed by atoms with Crippen molar-refractivity contribution in [3.8, 4) is 0 Å². The molecular weight excluding hydrogens is 499 g/mol. The van der Waals surface area contributed by atoms with E-state index in [9.17, 15) is 9.00 Å². The topological polar surface area (TPSA) is 65.5 Å². The zero-order chi connectivity index (χ0) is 22.9. The summed E-state index contributed by atoms with van der Waals surface area (Å²) in [6, 6.07) is 12.9. The Labute approximate surface area is 209 Å². The van der Waals surface area contributed by atoms with Gasteiger partial charge in [-0.1, -0.05) is 23.2 Å². The molecule has 2 aliphatic rings. The standard InChI is InChI=1S/C23H22Cl2N4O2S2/c24-17-11-16(12-18(25)13-17)15-5-8-28(14-15)21-6-9-29(22(21)30)19-1-3-20(4-2-19)33(31)27-23-26-7-10-32-23/h1-4,7,10-13,15,21H,5-6,8-9,14H2,(H,26,27). The Morgan fingerprint density at radius 3 is 2.52 bits per heavy atom. The molecule has 1 amide bonds. The second kappa shape index (κ2) is 9.72. The zero-order valence-electron chi connectivity index (χ0n) is 17.6. The van der Waals surface area contributed by atoms with Gasteiger partial charge in [-0.3, -0.25) is 14.4 Å². The summed E-state index contributed by atoms with van der Waals surface area (Å²) in [5.41, 5.74) is 1.96. The number of carbonyl (C=O) groups excluding carboxylic acids is 1. The fourth-order valence-corrected chi connectivity index (χ4v) is 6.62. The second-order valence-corrected chi connectivity index (χ2v) is 11.2. The van der Waals surface area contributed by atoms with E-state index in [4.69, 9.17) is 23.2 Å². The van der Waals surface area contributed by atoms with E-state index in [0.29, 0.717) is 32.5 Å². The van der Waals surface area contributed by atoms with Crippen molar-refractivity contribution >= 4 is 62.3 Å². The molecule has 10 heteroatoms. The maximum absolute atomic E-state index is 13.2. The van der Waals surface area contributed by atoms with Gasteiger partial charge in [-0.25, -0.2) is 9.19 Å². The molecule has 0 bridgehead atoms. The molecule has 0 saturated carbocycles. The molecule has 5 rings (SSSR count). The van der Waals surface area contributed by atoms with Gasteiger partial charge in [-0.05, 0) is 73.3 Å². The lowest BCUT2D eigenvalue weighted by atomic mass is 9.98. The zero-order valence-corrected chi connectivity index (χ0v) is 20.8. The monoisotopic (exact) mass is 520 g/mol. The van der Waals surface area contributed by atoms with E-state index in [1.54, 1.807) is 24.4 Å². The number of nitrogens with one attached hydrogen (secondary N) is 1. The Bertz CT molecular complexity index is 1150. The minimum atomic E-state index is -1.40. The largest absolute Gasteiger partial charge is 0.311 e. The predicted octanol–water partition coefficient (Wildman–Crippen LogP) is 5.18. The van der Waals surface area contributed by atoms with E-state index in [-0.39, 0.29) is 11.9 Å². The van der Waals surface area contributed by atoms with Crippen LogP contribution in [0.2, 0.25) is 10.0 Å². The van der Waals surface area contributed by atoms with Crippen LogP contribution in [0.25, 0.3) is 0 Å². The molecule has 0 aliphatic carbocycles. The fraction of sp³-hybridized carbons (Fsp3) is 0.304. The number of hydrogen-bond donors (Lipinski definition) is 1. The number of benzene rings is 2. The Kier molecular flexibility index (Phi) is 6.72. The molecule has 2 saturated heterocycles. The van der Waals surface area contributed by atoms with Gasteiger partial charge < -0.3 is 4.90 Å². The number of thiazole rings is 1. The van der Waals surface area contributed by atoms with E-state index >= 15 is 0 Å². The van der Waals surface area contributed by atoms with Crippen LogP contribution in [0.5, 0.6) is 0 Å². The molecule has 1 N–H and O–H groups in total. The van der Waals surface area contributed by atoms with Crippen LogP contribution in [0.4, 0.5) is 10.8 Å². The summed E-state index contributed by atoms with van der Waals surface area (Å²) < 4.78 is 15.4. The molecule has 2 aromatic carbocycles. The molecule has 2 fully saturated rings. The molecule has 172 valence electrons. The van der Waals surface area contributed by atoms with Crippen molar-refractivity contribution in [3.05, 3.63) is 69.7 Å². The first kappa shape index (κ1) is 22.8. The van der Waals surface area contributed by atoms with Crippen LogP contribution in [-0.4, -0.2) is 45.7 Å². The smallest absolute Gasteiger partial charge is 0.244 e. The normalized spacial score (nSPS) is 22.1. The van der Waals surface area contributed by atoms with Crippen LogP contribution in [0.15, 0.2) is 58.9 Å². The van der Waals surface area contributed by atoms with Crippen molar-refractivity contribution in [1.82, 2.24) is 9.88 Å². The SMILES string of the molecule is O=C1C(N2CCC(c3cc(Cl)cc(Cl)c3)C2)CCN1c1ccc(S(=O)Nc2nccs2)cc1. The van der Waals surface area contributed by atoms with Crippen molar-refractivity contribution < 1.29 is 9.00 Å². The third kappa shape index (κ3) is 4.95. The van der Waals surface area contributed by atoms with Crippen molar-refractivity contribution in [1.29, 1.82) is 0 Å². The van der Waals surface area contributed by atoms with Gasteiger partial charge in [0.25, 0.3) is 0 Å². The van der Waals surface area contributed by atoms with Crippen molar-refractivity contribution in [2.45, 2.75) is 29.7 Å². The highest BCUT2D eigenvalue weighted by Crippen LogP contribution is 2.34. The lowest BCUT2D eigenvalue weighted by Crippen LogP contribution is -2.40. The maximum Gasteiger partial charge on any atom is 0.244 e. The summed E-state index contributed by atoms with van der Waals surface area (Å²) in [6.07, 6.45) is 3.43. The maximum atomic E-state index is 13.2. The van der Waals surface area contributed by atoms with Gasteiger partial charge >= 0.3 is 0 Å². The average molecular weight is 521 g/mol. The number of halogens is 2. The Balaban J connectivity index is 1.22. The van der Waals surface area contributed by atoms with Gasteiger partial charge in [-0.2, -0.15) is 0 Å². The van der Waals surface area contributed by atoms with Crippen molar-refractivity contribution in [3.63, 3.8) is 0 Å². The Morgan fingerprint density at radius 2 is 1.82 bits per heavy atom. The second-order valence-electron chi connectivity index (χ2n) is 8.18. The quantitative estimate of drug-likeness (QED) is 0.486. The number of anilines is 2. The van der Waals surface area contributed by atoms with E-state index in [1.165, 1.54) is 11.3 Å². The summed E-state index contributed by atoms with van der Waals surface area (Å²) in [5.74, 6) is 0.442. The molecular formula is C23H22Cl2N4O2S2. The fourth-order valence-electron chi connectivity index (χ4n) is 4.58. The molecule has 3 unspecified atom stereocenters. The number of nitrogens with zero attached hydrogens (tertiary/aromatic N) is 3. The molecule has 3 heterocycles. The van der Waals surface area contributed by atoms with Crippen LogP contribution >= 0.6 is 34.5 Å². The van der Waals surface area contributed by atoms with E-state index in [1.807, 2.05) is 34.5 Å². The van der Waals surface area contributed by atoms with Gasteiger partial charge in [0.2, 0.25) is 5.91 Å². The molecule has 0 spiro atoms. The summed E-state index contributed by atoms with van der Waals surface area (Å²) >= 11 is 13.8. The number of carbonyl (C=O) groups is 1. The first-order valence-electron chi connectivity index (χ1n) is 10.7. The molecule has 1 aromatic heterocycles. The average Bonchev–Trinajstić information content (AvgIpc) is 3.54. The van der Waals surface area contributed by atoms with Gasteiger partial charge in [0.15, 0.2) is 16.1 Å². The molecule has 2 aliphatic heterocycles. The molecule has 33 heavy (non-hydrogen) atoms. The lowest BCUT2D eigenvalue weighted by molar-refractivity contribution is -0.121. The highest BCUT2D eigenvalue weighted by Gasteiger charge is 2.39. The summed E-state index contributed by atoms with van der Waals surface area (Å²) in [5, 5.41) is 3.72. The Hall–Kier alpha value is -1.97. The lowest BCUT2D eigenvalue weighted by Gasteiger charge is -2.23. The van der Waals surface area contributed by atoms with Crippen LogP contribution < -0.4 is 9.62 Å². The van der Waals surface area contributed by atoms with E-state index < -0.39 is 11.0 Å². The van der Waals surface area contributed by atoms with E-state index in [2.05, 4.69) is 14.6 Å². The number of aromatic nitrogens is 1. The highest BCUT2D eigenvalue weighted by molar-refractivity contribution is 7.86. The number of rotatable bonds is 6. The van der Waals surface area contributed by atoms with Crippen LogP contribution in [0.1, 0.15) is 24.3 Å². The van der Waals surface area contributed by atoms with Gasteiger partial charge in [0, 0.05) is 40.4 Å². The summed E-state index contributed by atoms with van der Waals surface area (Å²) in [7, 11) is -1.40. The molecule has 3 atom stereocenters. The third-order valence-electron chi connectivity index (χ3n) is 6.17. The molecule has 3 aromatic rings. The molecule has 6 nitrogen and oxygen atoms in total. The van der Waals surface area contributed by atoms with Gasteiger partial charge in [-0.15, -0.1) is 11.3 Å². The minimum Gasteiger partial charge on any atom is -0.311 e. The minimum absolute atomic E-state index is 0.120. The van der Waals surface area contributed by atoms with Gasteiger partial charge in [0.05, 0.1) is 10.9 Å². The molecule has 0 radical (unpaired) electrons. The van der Waals surface area contributed by atoms with Crippen LogP contribution in [0.3, 0.4) is 0 Å². The third-order valence-corrected chi connectivity index (χ3v) is 8.50. The predicted molar refractivity (Wildman–Crippen MR) is 135 cm³/mol. The first-order chi connectivity index (χ1) is 16.0. The number of hydrogen-bond acceptors (Lipinski definition) is 5. The number of likely N-dealkylation sites (tertiary alicyclic amines) is 1.